The highest BCUT2D eigenvalue weighted by Crippen LogP contribution is 2.41. The Bertz CT molecular complexity index is 651. The van der Waals surface area contributed by atoms with E-state index in [2.05, 4.69) is 19.6 Å². The van der Waals surface area contributed by atoms with E-state index >= 15 is 0 Å². The summed E-state index contributed by atoms with van der Waals surface area (Å²) in [6.45, 7) is 5.93. The highest BCUT2D eigenvalue weighted by molar-refractivity contribution is 5.25. The minimum atomic E-state index is -2.10. The Hall–Kier alpha value is -1.65. The van der Waals surface area contributed by atoms with E-state index in [0.29, 0.717) is 6.42 Å². The molecule has 0 heterocycles. The fourth-order valence-corrected chi connectivity index (χ4v) is 3.92. The highest BCUT2D eigenvalue weighted by Gasteiger charge is 2.34. The smallest absolute Gasteiger partial charge is 0.200 e. The van der Waals surface area contributed by atoms with Crippen molar-refractivity contribution in [2.75, 3.05) is 0 Å². The van der Waals surface area contributed by atoms with Gasteiger partial charge in [-0.3, -0.25) is 0 Å². The van der Waals surface area contributed by atoms with Crippen molar-refractivity contribution in [2.24, 2.45) is 17.8 Å². The zero-order chi connectivity index (χ0) is 20.0. The van der Waals surface area contributed by atoms with Gasteiger partial charge in [0.05, 0.1) is 0 Å². The Morgan fingerprint density at radius 1 is 0.889 bits per heavy atom. The van der Waals surface area contributed by atoms with Gasteiger partial charge in [-0.15, -0.1) is 6.58 Å². The first-order chi connectivity index (χ1) is 12.9. The van der Waals surface area contributed by atoms with E-state index in [1.54, 1.807) is 6.08 Å². The van der Waals surface area contributed by atoms with Crippen LogP contribution in [0.15, 0.2) is 24.8 Å². The molecule has 0 amide bonds. The minimum Gasteiger partial charge on any atom is -0.203 e. The third-order valence-electron chi connectivity index (χ3n) is 5.49. The van der Waals surface area contributed by atoms with Gasteiger partial charge in [0.2, 0.25) is 5.82 Å². The SMILES string of the molecule is C=CC1CC(/C=C/CCCCCC)C(Cc2c(F)c(F)c(F)c(F)c2F)C1. The molecule has 3 unspecified atom stereocenters. The van der Waals surface area contributed by atoms with Gasteiger partial charge in [0.25, 0.3) is 0 Å². The molecule has 0 nitrogen and oxygen atoms in total. The molecule has 0 aliphatic heterocycles. The van der Waals surface area contributed by atoms with Crippen LogP contribution in [-0.2, 0) is 6.42 Å². The van der Waals surface area contributed by atoms with E-state index < -0.39 is 34.6 Å². The first kappa shape index (κ1) is 21.6. The van der Waals surface area contributed by atoms with Gasteiger partial charge in [-0.05, 0) is 49.9 Å². The summed E-state index contributed by atoms with van der Waals surface area (Å²) in [5, 5.41) is 0. The van der Waals surface area contributed by atoms with Crippen molar-refractivity contribution in [2.45, 2.75) is 58.3 Å². The molecule has 5 heteroatoms. The topological polar surface area (TPSA) is 0 Å². The first-order valence-corrected chi connectivity index (χ1v) is 9.70. The van der Waals surface area contributed by atoms with Gasteiger partial charge in [-0.1, -0.05) is 44.4 Å². The van der Waals surface area contributed by atoms with Crippen molar-refractivity contribution in [3.63, 3.8) is 0 Å². The summed E-state index contributed by atoms with van der Waals surface area (Å²) in [5.41, 5.74) is -0.706. The fourth-order valence-electron chi connectivity index (χ4n) is 3.92. The molecule has 1 aromatic carbocycles. The monoisotopic (exact) mass is 386 g/mol. The van der Waals surface area contributed by atoms with Gasteiger partial charge >= 0.3 is 0 Å². The van der Waals surface area contributed by atoms with Crippen LogP contribution in [0.25, 0.3) is 0 Å². The molecule has 2 rings (SSSR count). The van der Waals surface area contributed by atoms with Crippen LogP contribution in [0.5, 0.6) is 0 Å². The molecule has 0 radical (unpaired) electrons. The van der Waals surface area contributed by atoms with Crippen LogP contribution in [0, 0.1) is 46.8 Å². The Morgan fingerprint density at radius 3 is 2.11 bits per heavy atom. The van der Waals surface area contributed by atoms with E-state index in [4.69, 9.17) is 0 Å². The number of allylic oxidation sites excluding steroid dienone is 3. The highest BCUT2D eigenvalue weighted by atomic mass is 19.2. The molecule has 1 fully saturated rings. The summed E-state index contributed by atoms with van der Waals surface area (Å²) in [7, 11) is 0. The van der Waals surface area contributed by atoms with Gasteiger partial charge in [0.1, 0.15) is 0 Å². The van der Waals surface area contributed by atoms with Gasteiger partial charge in [-0.25, -0.2) is 22.0 Å². The third-order valence-corrected chi connectivity index (χ3v) is 5.49. The molecule has 3 atom stereocenters. The Balaban J connectivity index is 2.13. The molecule has 0 aromatic heterocycles. The zero-order valence-electron chi connectivity index (χ0n) is 15.7. The maximum absolute atomic E-state index is 14.0. The Labute approximate surface area is 158 Å². The molecule has 0 saturated heterocycles. The third kappa shape index (κ3) is 5.20. The summed E-state index contributed by atoms with van der Waals surface area (Å²) >= 11 is 0. The molecule has 0 bridgehead atoms. The maximum atomic E-state index is 14.0. The largest absolute Gasteiger partial charge is 0.203 e. The Kier molecular flexibility index (Phi) is 8.06. The minimum absolute atomic E-state index is 0.0501. The van der Waals surface area contributed by atoms with Crippen molar-refractivity contribution < 1.29 is 22.0 Å². The average Bonchev–Trinajstić information content (AvgIpc) is 3.06. The van der Waals surface area contributed by atoms with Gasteiger partial charge < -0.3 is 0 Å². The van der Waals surface area contributed by atoms with Crippen molar-refractivity contribution in [3.8, 4) is 0 Å². The van der Waals surface area contributed by atoms with Crippen LogP contribution in [0.3, 0.4) is 0 Å². The summed E-state index contributed by atoms with van der Waals surface area (Å²) in [5.74, 6) is -9.21. The number of hydrogen-bond acceptors (Lipinski definition) is 0. The van der Waals surface area contributed by atoms with Crippen molar-refractivity contribution in [1.82, 2.24) is 0 Å². The predicted octanol–water partition coefficient (Wildman–Crippen LogP) is 7.28. The Morgan fingerprint density at radius 2 is 1.52 bits per heavy atom. The van der Waals surface area contributed by atoms with Gasteiger partial charge in [-0.2, -0.15) is 0 Å². The van der Waals surface area contributed by atoms with Crippen LogP contribution >= 0.6 is 0 Å². The summed E-state index contributed by atoms with van der Waals surface area (Å²) in [6.07, 6.45) is 12.7. The number of unbranched alkanes of at least 4 members (excludes halogenated alkanes) is 4. The second-order valence-corrected chi connectivity index (χ2v) is 7.42. The van der Waals surface area contributed by atoms with Crippen LogP contribution in [0.2, 0.25) is 0 Å². The second-order valence-electron chi connectivity index (χ2n) is 7.42. The molecule has 1 aliphatic rings. The quantitative estimate of drug-likeness (QED) is 0.138. The number of benzene rings is 1. The summed E-state index contributed by atoms with van der Waals surface area (Å²) < 4.78 is 68.3. The molecular weight excluding hydrogens is 359 g/mol. The zero-order valence-corrected chi connectivity index (χ0v) is 15.7. The van der Waals surface area contributed by atoms with E-state index in [-0.39, 0.29) is 24.2 Å². The van der Waals surface area contributed by atoms with E-state index in [9.17, 15) is 22.0 Å². The molecule has 1 aliphatic carbocycles. The second kappa shape index (κ2) is 10.0. The lowest BCUT2D eigenvalue weighted by Gasteiger charge is -2.18. The number of halogens is 5. The molecule has 0 spiro atoms. The first-order valence-electron chi connectivity index (χ1n) is 9.70. The van der Waals surface area contributed by atoms with Gasteiger partial charge in [0.15, 0.2) is 23.3 Å². The van der Waals surface area contributed by atoms with Crippen molar-refractivity contribution in [3.05, 3.63) is 59.5 Å². The van der Waals surface area contributed by atoms with Crippen LogP contribution in [-0.4, -0.2) is 0 Å². The number of hydrogen-bond donors (Lipinski definition) is 0. The van der Waals surface area contributed by atoms with Gasteiger partial charge in [0, 0.05) is 5.56 Å². The summed E-state index contributed by atoms with van der Waals surface area (Å²) in [4.78, 5) is 0. The molecule has 27 heavy (non-hydrogen) atoms. The van der Waals surface area contributed by atoms with Crippen molar-refractivity contribution in [1.29, 1.82) is 0 Å². The molecule has 1 saturated carbocycles. The number of rotatable bonds is 9. The molecule has 150 valence electrons. The van der Waals surface area contributed by atoms with E-state index in [1.807, 2.05) is 6.08 Å². The standard InChI is InChI=1S/C22H27F5/c1-3-5-6-7-8-9-10-15-11-14(4-2)12-16(15)13-17-18(23)20(25)22(27)21(26)19(17)24/h4,9-10,14-16H,2-3,5-8,11-13H2,1H3/b10-9+. The lowest BCUT2D eigenvalue weighted by Crippen LogP contribution is -2.14. The molecule has 1 aromatic rings. The molecular formula is C22H27F5. The van der Waals surface area contributed by atoms with Crippen LogP contribution in [0.4, 0.5) is 22.0 Å². The van der Waals surface area contributed by atoms with E-state index in [0.717, 1.165) is 32.1 Å². The van der Waals surface area contributed by atoms with Crippen LogP contribution < -0.4 is 0 Å². The fraction of sp³-hybridized carbons (Fsp3) is 0.545. The molecule has 0 N–H and O–H groups in total. The lowest BCUT2D eigenvalue weighted by atomic mass is 9.88. The lowest BCUT2D eigenvalue weighted by molar-refractivity contribution is 0.356. The summed E-state index contributed by atoms with van der Waals surface area (Å²) in [6, 6.07) is 0. The van der Waals surface area contributed by atoms with Crippen molar-refractivity contribution >= 4 is 0 Å². The van der Waals surface area contributed by atoms with Crippen LogP contribution in [0.1, 0.15) is 57.4 Å². The van der Waals surface area contributed by atoms with E-state index in [1.165, 1.54) is 6.42 Å². The average molecular weight is 386 g/mol. The maximum Gasteiger partial charge on any atom is 0.200 e. The normalized spacial score (nSPS) is 22.7. The predicted molar refractivity (Wildman–Crippen MR) is 97.7 cm³/mol.